The number of thiazole rings is 1. The Morgan fingerprint density at radius 1 is 1.16 bits per heavy atom. The van der Waals surface area contributed by atoms with E-state index in [1.54, 1.807) is 53.8 Å². The first kappa shape index (κ1) is 21.9. The van der Waals surface area contributed by atoms with Gasteiger partial charge < -0.3 is 19.5 Å². The molecule has 0 bridgehead atoms. The van der Waals surface area contributed by atoms with Gasteiger partial charge in [-0.15, -0.1) is 11.3 Å². The van der Waals surface area contributed by atoms with E-state index in [2.05, 4.69) is 10.3 Å². The molecule has 0 unspecified atom stereocenters. The van der Waals surface area contributed by atoms with E-state index < -0.39 is 5.91 Å². The van der Waals surface area contributed by atoms with Crippen LogP contribution in [-0.2, 0) is 11.4 Å². The molecule has 3 rings (SSSR count). The largest absolute Gasteiger partial charge is 0.493 e. The van der Waals surface area contributed by atoms with E-state index in [1.165, 1.54) is 20.3 Å². The summed E-state index contributed by atoms with van der Waals surface area (Å²) in [6.07, 6.45) is 1.52. The quantitative estimate of drug-likeness (QED) is 0.411. The van der Waals surface area contributed by atoms with Crippen LogP contribution in [0.5, 0.6) is 17.2 Å². The van der Waals surface area contributed by atoms with Gasteiger partial charge in [0.1, 0.15) is 24.0 Å². The maximum Gasteiger partial charge on any atom is 0.266 e. The Labute approximate surface area is 184 Å². The zero-order valence-electron chi connectivity index (χ0n) is 17.3. The van der Waals surface area contributed by atoms with Gasteiger partial charge in [0.25, 0.3) is 5.91 Å². The minimum Gasteiger partial charge on any atom is -0.493 e. The maximum atomic E-state index is 12.5. The monoisotopic (exact) mass is 435 g/mol. The van der Waals surface area contributed by atoms with Crippen molar-refractivity contribution in [3.63, 3.8) is 0 Å². The summed E-state index contributed by atoms with van der Waals surface area (Å²) in [6.45, 7) is 2.33. The van der Waals surface area contributed by atoms with Gasteiger partial charge in [-0.1, -0.05) is 12.1 Å². The topological polar surface area (TPSA) is 93.5 Å². The number of benzene rings is 2. The van der Waals surface area contributed by atoms with Crippen LogP contribution in [0, 0.1) is 18.3 Å². The number of aryl methyl sites for hydroxylation is 1. The van der Waals surface area contributed by atoms with E-state index in [-0.39, 0.29) is 5.57 Å². The Morgan fingerprint density at radius 3 is 2.52 bits per heavy atom. The molecule has 0 fully saturated rings. The summed E-state index contributed by atoms with van der Waals surface area (Å²) in [5.74, 6) is 1.18. The zero-order valence-corrected chi connectivity index (χ0v) is 18.2. The van der Waals surface area contributed by atoms with Crippen molar-refractivity contribution in [2.75, 3.05) is 19.5 Å². The highest BCUT2D eigenvalue weighted by atomic mass is 32.1. The summed E-state index contributed by atoms with van der Waals surface area (Å²) in [5, 5.41) is 15.1. The van der Waals surface area contributed by atoms with Crippen LogP contribution < -0.4 is 19.5 Å². The standard InChI is InChI=1S/C23H21N3O4S/c1-15-25-19(14-31-15)13-30-20-7-4-16(5-8-20)10-17(12-24)23(27)26-18-6-9-21(28-2)22(11-18)29-3/h4-11,14H,13H2,1-3H3,(H,26,27)/b17-10+. The molecular weight excluding hydrogens is 414 g/mol. The van der Waals surface area contributed by atoms with Gasteiger partial charge in [-0.05, 0) is 42.8 Å². The fourth-order valence-corrected chi connectivity index (χ4v) is 3.32. The molecule has 31 heavy (non-hydrogen) atoms. The van der Waals surface area contributed by atoms with Crippen LogP contribution in [-0.4, -0.2) is 25.1 Å². The van der Waals surface area contributed by atoms with Crippen LogP contribution in [0.3, 0.4) is 0 Å². The minimum absolute atomic E-state index is 0.0265. The zero-order chi connectivity index (χ0) is 22.2. The van der Waals surface area contributed by atoms with Gasteiger partial charge in [0.2, 0.25) is 0 Å². The number of carbonyl (C=O) groups excluding carboxylic acids is 1. The second kappa shape index (κ2) is 10.3. The molecule has 8 heteroatoms. The van der Waals surface area contributed by atoms with Crippen LogP contribution in [0.25, 0.3) is 6.08 Å². The first-order valence-electron chi connectivity index (χ1n) is 9.31. The summed E-state index contributed by atoms with van der Waals surface area (Å²) >= 11 is 1.58. The fourth-order valence-electron chi connectivity index (χ4n) is 2.72. The van der Waals surface area contributed by atoms with Crippen molar-refractivity contribution in [3.8, 4) is 23.3 Å². The number of methoxy groups -OCH3 is 2. The number of rotatable bonds is 8. The summed E-state index contributed by atoms with van der Waals surface area (Å²) in [5.41, 5.74) is 2.05. The molecule has 2 aromatic carbocycles. The molecule has 1 amide bonds. The van der Waals surface area contributed by atoms with E-state index in [0.29, 0.717) is 35.1 Å². The first-order chi connectivity index (χ1) is 15.0. The number of ether oxygens (including phenoxy) is 3. The van der Waals surface area contributed by atoms with Gasteiger partial charge >= 0.3 is 0 Å². The molecule has 3 aromatic rings. The van der Waals surface area contributed by atoms with Crippen molar-refractivity contribution in [1.82, 2.24) is 4.98 Å². The lowest BCUT2D eigenvalue weighted by Crippen LogP contribution is -2.13. The second-order valence-electron chi connectivity index (χ2n) is 6.41. The molecule has 0 atom stereocenters. The van der Waals surface area contributed by atoms with E-state index >= 15 is 0 Å². The predicted molar refractivity (Wildman–Crippen MR) is 119 cm³/mol. The van der Waals surface area contributed by atoms with Crippen LogP contribution in [0.4, 0.5) is 5.69 Å². The van der Waals surface area contributed by atoms with Gasteiger partial charge in [0.15, 0.2) is 11.5 Å². The van der Waals surface area contributed by atoms with Crippen molar-refractivity contribution < 1.29 is 19.0 Å². The Balaban J connectivity index is 1.66. The normalized spacial score (nSPS) is 10.8. The Morgan fingerprint density at radius 2 is 1.90 bits per heavy atom. The average molecular weight is 436 g/mol. The fraction of sp³-hybridized carbons (Fsp3) is 0.174. The van der Waals surface area contributed by atoms with Crippen LogP contribution in [0.15, 0.2) is 53.4 Å². The number of nitrogens with one attached hydrogen (secondary N) is 1. The second-order valence-corrected chi connectivity index (χ2v) is 7.47. The molecule has 0 radical (unpaired) electrons. The minimum atomic E-state index is -0.519. The number of carbonyl (C=O) groups is 1. The van der Waals surface area contributed by atoms with Crippen LogP contribution in [0.1, 0.15) is 16.3 Å². The number of amides is 1. The summed E-state index contributed by atoms with van der Waals surface area (Å²) in [4.78, 5) is 16.9. The number of anilines is 1. The van der Waals surface area contributed by atoms with Gasteiger partial charge in [-0.2, -0.15) is 5.26 Å². The van der Waals surface area contributed by atoms with Crippen molar-refractivity contribution >= 4 is 29.0 Å². The Hall–Kier alpha value is -3.83. The lowest BCUT2D eigenvalue weighted by molar-refractivity contribution is -0.112. The molecule has 0 aliphatic rings. The molecule has 158 valence electrons. The summed E-state index contributed by atoms with van der Waals surface area (Å²) in [7, 11) is 3.04. The summed E-state index contributed by atoms with van der Waals surface area (Å²) < 4.78 is 16.1. The van der Waals surface area contributed by atoms with Gasteiger partial charge in [-0.25, -0.2) is 4.98 Å². The van der Waals surface area contributed by atoms with Crippen molar-refractivity contribution in [2.45, 2.75) is 13.5 Å². The maximum absolute atomic E-state index is 12.5. The van der Waals surface area contributed by atoms with Crippen molar-refractivity contribution in [1.29, 1.82) is 5.26 Å². The smallest absolute Gasteiger partial charge is 0.266 e. The van der Waals surface area contributed by atoms with Gasteiger partial charge in [0, 0.05) is 17.1 Å². The SMILES string of the molecule is COc1ccc(NC(=O)/C(C#N)=C/c2ccc(OCc3csc(C)n3)cc2)cc1OC. The van der Waals surface area contributed by atoms with Crippen molar-refractivity contribution in [2.24, 2.45) is 0 Å². The third-order valence-corrected chi connectivity index (χ3v) is 5.07. The molecule has 0 aliphatic heterocycles. The van der Waals surface area contributed by atoms with Crippen LogP contribution in [0.2, 0.25) is 0 Å². The van der Waals surface area contributed by atoms with Crippen LogP contribution >= 0.6 is 11.3 Å². The number of nitrogens with zero attached hydrogens (tertiary/aromatic N) is 2. The molecule has 0 saturated heterocycles. The average Bonchev–Trinajstić information content (AvgIpc) is 3.21. The van der Waals surface area contributed by atoms with E-state index in [4.69, 9.17) is 14.2 Å². The number of hydrogen-bond acceptors (Lipinski definition) is 7. The van der Waals surface area contributed by atoms with Gasteiger partial charge in [-0.3, -0.25) is 4.79 Å². The molecule has 0 spiro atoms. The number of aromatic nitrogens is 1. The molecule has 0 aliphatic carbocycles. The third kappa shape index (κ3) is 5.84. The molecule has 7 nitrogen and oxygen atoms in total. The highest BCUT2D eigenvalue weighted by Gasteiger charge is 2.12. The summed E-state index contributed by atoms with van der Waals surface area (Å²) in [6, 6.07) is 14.0. The van der Waals surface area contributed by atoms with E-state index in [1.807, 2.05) is 18.4 Å². The number of nitriles is 1. The molecule has 1 aromatic heterocycles. The van der Waals surface area contributed by atoms with E-state index in [9.17, 15) is 10.1 Å². The highest BCUT2D eigenvalue weighted by Crippen LogP contribution is 2.30. The Bertz CT molecular complexity index is 1130. The Kier molecular flexibility index (Phi) is 7.25. The van der Waals surface area contributed by atoms with E-state index in [0.717, 1.165) is 10.7 Å². The first-order valence-corrected chi connectivity index (χ1v) is 10.2. The number of hydrogen-bond donors (Lipinski definition) is 1. The lowest BCUT2D eigenvalue weighted by Gasteiger charge is -2.10. The van der Waals surface area contributed by atoms with Gasteiger partial charge in [0.05, 0.1) is 24.9 Å². The predicted octanol–water partition coefficient (Wildman–Crippen LogP) is 4.59. The molecule has 0 saturated carbocycles. The molecule has 1 N–H and O–H groups in total. The molecule has 1 heterocycles. The lowest BCUT2D eigenvalue weighted by atomic mass is 10.1. The third-order valence-electron chi connectivity index (χ3n) is 4.25. The van der Waals surface area contributed by atoms with Crippen molar-refractivity contribution in [3.05, 3.63) is 69.7 Å². The molecular formula is C23H21N3O4S. The highest BCUT2D eigenvalue weighted by molar-refractivity contribution is 7.09.